The predicted octanol–water partition coefficient (Wildman–Crippen LogP) is 2.50. The number of carbonyl (C=O) groups is 1. The lowest BCUT2D eigenvalue weighted by Gasteiger charge is -2.27. The number of carbonyl (C=O) groups excluding carboxylic acids is 1. The Balaban J connectivity index is 3.83. The molecule has 0 aromatic rings. The molecule has 0 aliphatic rings. The summed E-state index contributed by atoms with van der Waals surface area (Å²) < 4.78 is 0. The fraction of sp³-hybridized carbons (Fsp3) is 0.929. The van der Waals surface area contributed by atoms with E-state index in [4.69, 9.17) is 0 Å². The average molecular weight is 242 g/mol. The molecule has 3 nitrogen and oxygen atoms in total. The molecule has 0 saturated heterocycles. The maximum atomic E-state index is 11.5. The molecular formula is C14H30N2O. The van der Waals surface area contributed by atoms with Crippen LogP contribution in [0.4, 0.5) is 0 Å². The van der Waals surface area contributed by atoms with Crippen LogP contribution in [0.2, 0.25) is 0 Å². The SMILES string of the molecule is CC(=O)C(CCCCNC(C)C)NC(C)(C)C. The van der Waals surface area contributed by atoms with E-state index in [1.165, 1.54) is 0 Å². The lowest BCUT2D eigenvalue weighted by Crippen LogP contribution is -2.47. The van der Waals surface area contributed by atoms with E-state index in [9.17, 15) is 4.79 Å². The molecule has 0 aliphatic carbocycles. The van der Waals surface area contributed by atoms with Crippen molar-refractivity contribution < 1.29 is 4.79 Å². The Morgan fingerprint density at radius 3 is 2.18 bits per heavy atom. The Labute approximate surface area is 107 Å². The molecule has 0 aromatic carbocycles. The van der Waals surface area contributed by atoms with Gasteiger partial charge in [-0.05, 0) is 47.1 Å². The highest BCUT2D eigenvalue weighted by Gasteiger charge is 2.20. The van der Waals surface area contributed by atoms with Gasteiger partial charge in [0, 0.05) is 11.6 Å². The fourth-order valence-electron chi connectivity index (χ4n) is 1.76. The first-order valence-electron chi connectivity index (χ1n) is 6.74. The maximum Gasteiger partial charge on any atom is 0.146 e. The summed E-state index contributed by atoms with van der Waals surface area (Å²) in [7, 11) is 0. The van der Waals surface area contributed by atoms with E-state index >= 15 is 0 Å². The van der Waals surface area contributed by atoms with E-state index in [1.807, 2.05) is 0 Å². The smallest absolute Gasteiger partial charge is 0.146 e. The van der Waals surface area contributed by atoms with Crippen molar-refractivity contribution in [1.29, 1.82) is 0 Å². The van der Waals surface area contributed by atoms with E-state index in [2.05, 4.69) is 45.3 Å². The molecule has 0 amide bonds. The van der Waals surface area contributed by atoms with Crippen LogP contribution in [0.1, 0.15) is 60.8 Å². The van der Waals surface area contributed by atoms with E-state index in [1.54, 1.807) is 6.92 Å². The number of unbranched alkanes of at least 4 members (excludes halogenated alkanes) is 1. The van der Waals surface area contributed by atoms with Gasteiger partial charge in [-0.1, -0.05) is 20.3 Å². The molecule has 0 fully saturated rings. The molecule has 0 heterocycles. The van der Waals surface area contributed by atoms with Crippen LogP contribution < -0.4 is 10.6 Å². The van der Waals surface area contributed by atoms with E-state index in [-0.39, 0.29) is 17.4 Å². The topological polar surface area (TPSA) is 41.1 Å². The summed E-state index contributed by atoms with van der Waals surface area (Å²) in [6, 6.07) is 0.556. The van der Waals surface area contributed by atoms with Gasteiger partial charge in [-0.3, -0.25) is 4.79 Å². The number of Topliss-reactive ketones (excluding diaryl/α,β-unsaturated/α-hetero) is 1. The molecule has 0 spiro atoms. The second-order valence-electron chi connectivity index (χ2n) is 6.16. The lowest BCUT2D eigenvalue weighted by atomic mass is 10.0. The Bertz CT molecular complexity index is 219. The normalized spacial score (nSPS) is 14.1. The van der Waals surface area contributed by atoms with Crippen LogP contribution in [-0.4, -0.2) is 30.0 Å². The van der Waals surface area contributed by atoms with Crippen LogP contribution in [-0.2, 0) is 4.79 Å². The minimum absolute atomic E-state index is 0.00647. The molecule has 1 unspecified atom stereocenters. The van der Waals surface area contributed by atoms with E-state index in [0.29, 0.717) is 6.04 Å². The van der Waals surface area contributed by atoms with Crippen molar-refractivity contribution in [2.24, 2.45) is 0 Å². The molecule has 0 rings (SSSR count). The summed E-state index contributed by atoms with van der Waals surface area (Å²) in [5.41, 5.74) is 0.00647. The first-order valence-corrected chi connectivity index (χ1v) is 6.74. The molecule has 0 aliphatic heterocycles. The van der Waals surface area contributed by atoms with E-state index in [0.717, 1.165) is 25.8 Å². The van der Waals surface area contributed by atoms with Gasteiger partial charge in [0.2, 0.25) is 0 Å². The Morgan fingerprint density at radius 1 is 1.18 bits per heavy atom. The fourth-order valence-corrected chi connectivity index (χ4v) is 1.76. The highest BCUT2D eigenvalue weighted by atomic mass is 16.1. The van der Waals surface area contributed by atoms with Crippen molar-refractivity contribution in [3.8, 4) is 0 Å². The molecule has 17 heavy (non-hydrogen) atoms. The van der Waals surface area contributed by atoms with Crippen LogP contribution in [0.15, 0.2) is 0 Å². The van der Waals surface area contributed by atoms with Gasteiger partial charge in [0.05, 0.1) is 6.04 Å². The Kier molecular flexibility index (Phi) is 7.64. The van der Waals surface area contributed by atoms with Crippen LogP contribution in [0.5, 0.6) is 0 Å². The highest BCUT2D eigenvalue weighted by molar-refractivity contribution is 5.81. The van der Waals surface area contributed by atoms with E-state index < -0.39 is 0 Å². The molecule has 0 bridgehead atoms. The molecule has 0 aromatic heterocycles. The van der Waals surface area contributed by atoms with Crippen molar-refractivity contribution in [1.82, 2.24) is 10.6 Å². The standard InChI is InChI=1S/C14H30N2O/c1-11(2)15-10-8-7-9-13(12(3)17)16-14(4,5)6/h11,13,15-16H,7-10H2,1-6H3. The van der Waals surface area contributed by atoms with Crippen molar-refractivity contribution in [3.05, 3.63) is 0 Å². The predicted molar refractivity (Wildman–Crippen MR) is 74.3 cm³/mol. The van der Waals surface area contributed by atoms with Gasteiger partial charge < -0.3 is 10.6 Å². The maximum absolute atomic E-state index is 11.5. The molecule has 2 N–H and O–H groups in total. The zero-order chi connectivity index (χ0) is 13.5. The Morgan fingerprint density at radius 2 is 1.76 bits per heavy atom. The number of hydrogen-bond donors (Lipinski definition) is 2. The summed E-state index contributed by atoms with van der Waals surface area (Å²) in [5, 5.41) is 6.78. The molecule has 3 heteroatoms. The molecular weight excluding hydrogens is 212 g/mol. The largest absolute Gasteiger partial charge is 0.315 e. The summed E-state index contributed by atoms with van der Waals surface area (Å²) >= 11 is 0. The Hall–Kier alpha value is -0.410. The summed E-state index contributed by atoms with van der Waals surface area (Å²) in [6.45, 7) is 13.3. The van der Waals surface area contributed by atoms with Crippen LogP contribution in [0.25, 0.3) is 0 Å². The van der Waals surface area contributed by atoms with Gasteiger partial charge in [-0.25, -0.2) is 0 Å². The second kappa shape index (κ2) is 7.83. The van der Waals surface area contributed by atoms with Gasteiger partial charge in [0.1, 0.15) is 5.78 Å². The lowest BCUT2D eigenvalue weighted by molar-refractivity contribution is -0.119. The van der Waals surface area contributed by atoms with Gasteiger partial charge in [0.15, 0.2) is 0 Å². The quantitative estimate of drug-likeness (QED) is 0.643. The van der Waals surface area contributed by atoms with Crippen molar-refractivity contribution in [3.63, 3.8) is 0 Å². The minimum atomic E-state index is 0.00647. The van der Waals surface area contributed by atoms with Crippen LogP contribution >= 0.6 is 0 Å². The third kappa shape index (κ3) is 10.5. The summed E-state index contributed by atoms with van der Waals surface area (Å²) in [4.78, 5) is 11.5. The summed E-state index contributed by atoms with van der Waals surface area (Å²) in [5.74, 6) is 0.247. The van der Waals surface area contributed by atoms with Crippen molar-refractivity contribution in [2.75, 3.05) is 6.54 Å². The zero-order valence-corrected chi connectivity index (χ0v) is 12.4. The number of rotatable bonds is 8. The van der Waals surface area contributed by atoms with Gasteiger partial charge in [-0.15, -0.1) is 0 Å². The molecule has 1 atom stereocenters. The average Bonchev–Trinajstić information content (AvgIpc) is 2.12. The zero-order valence-electron chi connectivity index (χ0n) is 12.4. The van der Waals surface area contributed by atoms with Gasteiger partial charge in [0.25, 0.3) is 0 Å². The van der Waals surface area contributed by atoms with Crippen LogP contribution in [0.3, 0.4) is 0 Å². The first kappa shape index (κ1) is 16.6. The monoisotopic (exact) mass is 242 g/mol. The third-order valence-electron chi connectivity index (χ3n) is 2.57. The minimum Gasteiger partial charge on any atom is -0.315 e. The highest BCUT2D eigenvalue weighted by Crippen LogP contribution is 2.08. The second-order valence-corrected chi connectivity index (χ2v) is 6.16. The van der Waals surface area contributed by atoms with Crippen molar-refractivity contribution >= 4 is 5.78 Å². The third-order valence-corrected chi connectivity index (χ3v) is 2.57. The molecule has 0 saturated carbocycles. The number of ketones is 1. The van der Waals surface area contributed by atoms with Crippen molar-refractivity contribution in [2.45, 2.75) is 78.4 Å². The number of hydrogen-bond acceptors (Lipinski definition) is 3. The van der Waals surface area contributed by atoms with Crippen LogP contribution in [0, 0.1) is 0 Å². The molecule has 102 valence electrons. The van der Waals surface area contributed by atoms with Gasteiger partial charge >= 0.3 is 0 Å². The summed E-state index contributed by atoms with van der Waals surface area (Å²) in [6.07, 6.45) is 3.16. The first-order chi connectivity index (χ1) is 7.72. The molecule has 0 radical (unpaired) electrons. The number of nitrogens with one attached hydrogen (secondary N) is 2. The van der Waals surface area contributed by atoms with Gasteiger partial charge in [-0.2, -0.15) is 0 Å².